The largest absolute Gasteiger partial charge is 0.464 e. The monoisotopic (exact) mass is 261 g/mol. The Morgan fingerprint density at radius 3 is 2.58 bits per heavy atom. The lowest BCUT2D eigenvalue weighted by Crippen LogP contribution is -2.32. The molecule has 0 amide bonds. The predicted molar refractivity (Wildman–Crippen MR) is 78.1 cm³/mol. The summed E-state index contributed by atoms with van der Waals surface area (Å²) >= 11 is 0. The third kappa shape index (κ3) is 3.22. The van der Waals surface area contributed by atoms with Crippen LogP contribution in [0.3, 0.4) is 0 Å². The molecule has 0 saturated heterocycles. The van der Waals surface area contributed by atoms with Crippen LogP contribution in [0.2, 0.25) is 0 Å². The Balaban J connectivity index is 1.43. The van der Waals surface area contributed by atoms with Crippen LogP contribution in [0.1, 0.15) is 69.8 Å². The minimum absolute atomic E-state index is 0.703. The number of hydrogen-bond acceptors (Lipinski definition) is 2. The molecule has 1 heterocycles. The maximum Gasteiger partial charge on any atom is 0.117 e. The summed E-state index contributed by atoms with van der Waals surface area (Å²) < 4.78 is 5.95. The molecule has 1 N–H and O–H groups in total. The Labute approximate surface area is 117 Å². The van der Waals surface area contributed by atoms with Crippen LogP contribution in [0.5, 0.6) is 0 Å². The molecule has 2 saturated carbocycles. The molecular weight excluding hydrogens is 234 g/mol. The molecule has 2 nitrogen and oxygen atoms in total. The van der Waals surface area contributed by atoms with Crippen LogP contribution in [-0.4, -0.2) is 6.04 Å². The molecule has 0 aliphatic heterocycles. The fourth-order valence-electron chi connectivity index (χ4n) is 3.43. The Bertz CT molecular complexity index is 403. The normalized spacial score (nSPS) is 34.4. The van der Waals surface area contributed by atoms with E-state index in [4.69, 9.17) is 4.42 Å². The fraction of sp³-hybridized carbons (Fsp3) is 0.765. The Morgan fingerprint density at radius 2 is 1.95 bits per heavy atom. The van der Waals surface area contributed by atoms with Crippen molar-refractivity contribution in [3.63, 3.8) is 0 Å². The van der Waals surface area contributed by atoms with E-state index in [1.807, 2.05) is 0 Å². The summed E-state index contributed by atoms with van der Waals surface area (Å²) in [7, 11) is 0. The minimum atomic E-state index is 0.703. The smallest absolute Gasteiger partial charge is 0.117 e. The molecule has 2 unspecified atom stereocenters. The molecular formula is C17H27NO. The molecule has 0 aromatic carbocycles. The van der Waals surface area contributed by atoms with Crippen LogP contribution in [0.4, 0.5) is 0 Å². The highest BCUT2D eigenvalue weighted by atomic mass is 16.3. The highest BCUT2D eigenvalue weighted by Gasteiger charge is 2.36. The van der Waals surface area contributed by atoms with Crippen LogP contribution in [0.25, 0.3) is 0 Å². The second-order valence-corrected chi connectivity index (χ2v) is 6.63. The van der Waals surface area contributed by atoms with Gasteiger partial charge < -0.3 is 9.73 Å². The second kappa shape index (κ2) is 5.70. The second-order valence-electron chi connectivity index (χ2n) is 6.63. The van der Waals surface area contributed by atoms with Crippen molar-refractivity contribution in [1.29, 1.82) is 0 Å². The summed E-state index contributed by atoms with van der Waals surface area (Å²) in [5.41, 5.74) is 0. The van der Waals surface area contributed by atoms with E-state index in [9.17, 15) is 0 Å². The van der Waals surface area contributed by atoms with E-state index in [1.165, 1.54) is 44.3 Å². The fourth-order valence-corrected chi connectivity index (χ4v) is 3.43. The first-order chi connectivity index (χ1) is 9.26. The third-order valence-electron chi connectivity index (χ3n) is 5.15. The first-order valence-corrected chi connectivity index (χ1v) is 8.08. The van der Waals surface area contributed by atoms with Crippen molar-refractivity contribution >= 4 is 0 Å². The summed E-state index contributed by atoms with van der Waals surface area (Å²) in [6.45, 7) is 5.53. The summed E-state index contributed by atoms with van der Waals surface area (Å²) in [5.74, 6) is 4.83. The quantitative estimate of drug-likeness (QED) is 0.846. The van der Waals surface area contributed by atoms with E-state index < -0.39 is 0 Å². The molecule has 1 aromatic heterocycles. The zero-order valence-corrected chi connectivity index (χ0v) is 12.3. The first kappa shape index (κ1) is 13.2. The molecule has 3 rings (SSSR count). The number of hydrogen-bond donors (Lipinski definition) is 1. The van der Waals surface area contributed by atoms with E-state index in [0.29, 0.717) is 12.0 Å². The molecule has 2 heteroatoms. The summed E-state index contributed by atoms with van der Waals surface area (Å²) in [4.78, 5) is 0. The van der Waals surface area contributed by atoms with Crippen LogP contribution in [0, 0.1) is 11.8 Å². The van der Waals surface area contributed by atoms with E-state index in [2.05, 4.69) is 31.3 Å². The van der Waals surface area contributed by atoms with E-state index >= 15 is 0 Å². The number of furan rings is 1. The molecule has 1 aromatic rings. The van der Waals surface area contributed by atoms with Crippen LogP contribution >= 0.6 is 0 Å². The van der Waals surface area contributed by atoms with Gasteiger partial charge in [-0.1, -0.05) is 20.3 Å². The zero-order chi connectivity index (χ0) is 13.2. The molecule has 2 atom stereocenters. The SMILES string of the molecule is CCC1CCC(NCc2ccc(C3CC3C)o2)CC1. The Hall–Kier alpha value is -0.760. The molecule has 106 valence electrons. The maximum atomic E-state index is 5.95. The number of rotatable bonds is 5. The summed E-state index contributed by atoms with van der Waals surface area (Å²) in [6, 6.07) is 5.04. The molecule has 2 fully saturated rings. The van der Waals surface area contributed by atoms with Crippen molar-refractivity contribution in [3.05, 3.63) is 23.7 Å². The average molecular weight is 261 g/mol. The van der Waals surface area contributed by atoms with Gasteiger partial charge in [-0.05, 0) is 56.1 Å². The lowest BCUT2D eigenvalue weighted by molar-refractivity contribution is 0.279. The standard InChI is InChI=1S/C17H27NO/c1-3-13-4-6-14(7-5-13)18-11-15-8-9-17(19-15)16-10-12(16)2/h8-9,12-14,16,18H,3-7,10-11H2,1-2H3. The lowest BCUT2D eigenvalue weighted by atomic mass is 9.84. The van der Waals surface area contributed by atoms with Gasteiger partial charge in [-0.15, -0.1) is 0 Å². The molecule has 0 bridgehead atoms. The van der Waals surface area contributed by atoms with E-state index in [1.54, 1.807) is 0 Å². The molecule has 19 heavy (non-hydrogen) atoms. The van der Waals surface area contributed by atoms with Gasteiger partial charge in [-0.25, -0.2) is 0 Å². The van der Waals surface area contributed by atoms with Crippen molar-refractivity contribution < 1.29 is 4.42 Å². The molecule has 0 spiro atoms. The van der Waals surface area contributed by atoms with Crippen LogP contribution < -0.4 is 5.32 Å². The van der Waals surface area contributed by atoms with Gasteiger partial charge in [0.05, 0.1) is 6.54 Å². The lowest BCUT2D eigenvalue weighted by Gasteiger charge is -2.28. The first-order valence-electron chi connectivity index (χ1n) is 8.08. The molecule has 2 aliphatic carbocycles. The van der Waals surface area contributed by atoms with Gasteiger partial charge in [0.25, 0.3) is 0 Å². The highest BCUT2D eigenvalue weighted by molar-refractivity contribution is 5.17. The van der Waals surface area contributed by atoms with Crippen LogP contribution in [-0.2, 0) is 6.54 Å². The predicted octanol–water partition coefficient (Wildman–Crippen LogP) is 4.46. The van der Waals surface area contributed by atoms with Crippen molar-refractivity contribution in [3.8, 4) is 0 Å². The summed E-state index contributed by atoms with van der Waals surface area (Å²) in [6.07, 6.45) is 8.14. The van der Waals surface area contributed by atoms with Crippen molar-refractivity contribution in [1.82, 2.24) is 5.32 Å². The van der Waals surface area contributed by atoms with Gasteiger partial charge in [0.2, 0.25) is 0 Å². The average Bonchev–Trinajstić information content (AvgIpc) is 3.00. The van der Waals surface area contributed by atoms with Crippen molar-refractivity contribution in [2.75, 3.05) is 0 Å². The van der Waals surface area contributed by atoms with Crippen molar-refractivity contribution in [2.24, 2.45) is 11.8 Å². The third-order valence-corrected chi connectivity index (χ3v) is 5.15. The maximum absolute atomic E-state index is 5.95. The Kier molecular flexibility index (Phi) is 3.97. The van der Waals surface area contributed by atoms with Crippen LogP contribution in [0.15, 0.2) is 16.5 Å². The van der Waals surface area contributed by atoms with Gasteiger partial charge >= 0.3 is 0 Å². The molecule has 2 aliphatic rings. The van der Waals surface area contributed by atoms with Gasteiger partial charge in [-0.3, -0.25) is 0 Å². The van der Waals surface area contributed by atoms with Gasteiger partial charge in [0.1, 0.15) is 11.5 Å². The van der Waals surface area contributed by atoms with E-state index in [0.717, 1.165) is 24.1 Å². The van der Waals surface area contributed by atoms with E-state index in [-0.39, 0.29) is 0 Å². The Morgan fingerprint density at radius 1 is 1.21 bits per heavy atom. The molecule has 0 radical (unpaired) electrons. The van der Waals surface area contributed by atoms with Gasteiger partial charge in [0.15, 0.2) is 0 Å². The highest BCUT2D eigenvalue weighted by Crippen LogP contribution is 2.47. The minimum Gasteiger partial charge on any atom is -0.464 e. The topological polar surface area (TPSA) is 25.2 Å². The van der Waals surface area contributed by atoms with Gasteiger partial charge in [0, 0.05) is 12.0 Å². The zero-order valence-electron chi connectivity index (χ0n) is 12.3. The summed E-state index contributed by atoms with van der Waals surface area (Å²) in [5, 5.41) is 3.67. The van der Waals surface area contributed by atoms with Gasteiger partial charge in [-0.2, -0.15) is 0 Å². The van der Waals surface area contributed by atoms with Crippen molar-refractivity contribution in [2.45, 2.75) is 70.9 Å². The number of nitrogens with one attached hydrogen (secondary N) is 1.